The highest BCUT2D eigenvalue weighted by Gasteiger charge is 2.25. The van der Waals surface area contributed by atoms with E-state index < -0.39 is 0 Å². The third-order valence-electron chi connectivity index (χ3n) is 4.05. The first kappa shape index (κ1) is 16.2. The number of piperidine rings is 1. The van der Waals surface area contributed by atoms with Crippen LogP contribution in [0.2, 0.25) is 0 Å². The molecule has 0 aliphatic carbocycles. The molecule has 2 aromatic heterocycles. The molecular formula is C16H19FN6O. The van der Waals surface area contributed by atoms with Crippen LogP contribution in [0.25, 0.3) is 0 Å². The summed E-state index contributed by atoms with van der Waals surface area (Å²) < 4.78 is 14.4. The minimum atomic E-state index is -0.372. The minimum Gasteiger partial charge on any atom is -0.352 e. The van der Waals surface area contributed by atoms with Crippen LogP contribution in [-0.4, -0.2) is 45.0 Å². The minimum absolute atomic E-state index is 0.0827. The summed E-state index contributed by atoms with van der Waals surface area (Å²) in [6.45, 7) is 3.07. The fourth-order valence-corrected chi connectivity index (χ4v) is 2.83. The van der Waals surface area contributed by atoms with Crippen LogP contribution in [0.15, 0.2) is 24.9 Å². The maximum Gasteiger partial charge on any atom is 0.270 e. The lowest BCUT2D eigenvalue weighted by Gasteiger charge is -2.34. The summed E-state index contributed by atoms with van der Waals surface area (Å²) in [5.41, 5.74) is 0.732. The van der Waals surface area contributed by atoms with Gasteiger partial charge in [0.05, 0.1) is 5.69 Å². The van der Waals surface area contributed by atoms with Crippen molar-refractivity contribution in [3.8, 4) is 0 Å². The van der Waals surface area contributed by atoms with Crippen LogP contribution < -0.4 is 10.2 Å². The van der Waals surface area contributed by atoms with E-state index in [1.165, 1.54) is 18.9 Å². The van der Waals surface area contributed by atoms with Gasteiger partial charge in [-0.3, -0.25) is 4.79 Å². The number of nitrogens with zero attached hydrogens (tertiary/aromatic N) is 5. The van der Waals surface area contributed by atoms with Crippen molar-refractivity contribution < 1.29 is 9.18 Å². The summed E-state index contributed by atoms with van der Waals surface area (Å²) in [6.07, 6.45) is 6.45. The largest absolute Gasteiger partial charge is 0.352 e. The lowest BCUT2D eigenvalue weighted by atomic mass is 10.1. The molecule has 1 aliphatic heterocycles. The van der Waals surface area contributed by atoms with E-state index in [1.54, 1.807) is 6.07 Å². The van der Waals surface area contributed by atoms with Crippen molar-refractivity contribution in [2.75, 3.05) is 18.0 Å². The van der Waals surface area contributed by atoms with Crippen LogP contribution in [0.5, 0.6) is 0 Å². The van der Waals surface area contributed by atoms with Gasteiger partial charge < -0.3 is 10.2 Å². The van der Waals surface area contributed by atoms with Crippen LogP contribution in [0.3, 0.4) is 0 Å². The molecule has 0 aromatic carbocycles. The number of nitrogens with one attached hydrogen (secondary N) is 1. The highest BCUT2D eigenvalue weighted by atomic mass is 19.1. The molecule has 0 saturated carbocycles. The molecule has 8 heteroatoms. The van der Waals surface area contributed by atoms with Gasteiger partial charge in [0.2, 0.25) is 0 Å². The molecule has 126 valence electrons. The van der Waals surface area contributed by atoms with Crippen molar-refractivity contribution >= 4 is 11.7 Å². The van der Waals surface area contributed by atoms with E-state index >= 15 is 0 Å². The van der Waals surface area contributed by atoms with Crippen molar-refractivity contribution in [1.82, 2.24) is 25.3 Å². The van der Waals surface area contributed by atoms with Crippen LogP contribution in [0.1, 0.15) is 35.9 Å². The zero-order valence-electron chi connectivity index (χ0n) is 13.4. The zero-order valence-corrected chi connectivity index (χ0v) is 13.4. The van der Waals surface area contributed by atoms with Gasteiger partial charge in [-0.05, 0) is 25.3 Å². The molecule has 7 nitrogen and oxygen atoms in total. The smallest absolute Gasteiger partial charge is 0.270 e. The predicted octanol–water partition coefficient (Wildman–Crippen LogP) is 1.37. The van der Waals surface area contributed by atoms with Gasteiger partial charge in [0.15, 0.2) is 11.6 Å². The number of carbonyl (C=O) groups is 1. The predicted molar refractivity (Wildman–Crippen MR) is 86.1 cm³/mol. The van der Waals surface area contributed by atoms with Crippen molar-refractivity contribution in [2.24, 2.45) is 0 Å². The van der Waals surface area contributed by atoms with E-state index in [9.17, 15) is 9.18 Å². The SMILES string of the molecule is CCc1ncnc(N2CCCC(NC(=O)c3ccncn3)C2)c1F. The number of anilines is 1. The molecule has 1 aliphatic rings. The van der Waals surface area contributed by atoms with Gasteiger partial charge in [-0.1, -0.05) is 6.92 Å². The number of aryl methyl sites for hydroxylation is 1. The topological polar surface area (TPSA) is 83.9 Å². The Morgan fingerprint density at radius 3 is 3.00 bits per heavy atom. The van der Waals surface area contributed by atoms with E-state index in [2.05, 4.69) is 25.3 Å². The second-order valence-corrected chi connectivity index (χ2v) is 5.66. The normalized spacial score (nSPS) is 17.6. The van der Waals surface area contributed by atoms with Gasteiger partial charge >= 0.3 is 0 Å². The first-order valence-electron chi connectivity index (χ1n) is 8.00. The molecule has 1 N–H and O–H groups in total. The maximum atomic E-state index is 14.4. The Hall–Kier alpha value is -2.64. The second-order valence-electron chi connectivity index (χ2n) is 5.66. The molecule has 2 aromatic rings. The van der Waals surface area contributed by atoms with E-state index in [4.69, 9.17) is 0 Å². The van der Waals surface area contributed by atoms with Gasteiger partial charge in [-0.15, -0.1) is 0 Å². The molecule has 3 rings (SSSR count). The van der Waals surface area contributed by atoms with E-state index in [0.29, 0.717) is 36.7 Å². The monoisotopic (exact) mass is 330 g/mol. The van der Waals surface area contributed by atoms with Gasteiger partial charge in [0.25, 0.3) is 5.91 Å². The highest BCUT2D eigenvalue weighted by Crippen LogP contribution is 2.22. The summed E-state index contributed by atoms with van der Waals surface area (Å²) in [7, 11) is 0. The summed E-state index contributed by atoms with van der Waals surface area (Å²) in [5.74, 6) is -0.313. The third-order valence-corrected chi connectivity index (χ3v) is 4.05. The number of hydrogen-bond acceptors (Lipinski definition) is 6. The quantitative estimate of drug-likeness (QED) is 0.911. The van der Waals surface area contributed by atoms with Crippen LogP contribution in [0, 0.1) is 5.82 Å². The number of aromatic nitrogens is 4. The van der Waals surface area contributed by atoms with E-state index in [1.807, 2.05) is 11.8 Å². The van der Waals surface area contributed by atoms with Crippen LogP contribution in [0.4, 0.5) is 10.2 Å². The molecule has 1 atom stereocenters. The van der Waals surface area contributed by atoms with Gasteiger partial charge in [-0.25, -0.2) is 24.3 Å². The Bertz CT molecular complexity index is 711. The van der Waals surface area contributed by atoms with Crippen LogP contribution in [-0.2, 0) is 6.42 Å². The zero-order chi connectivity index (χ0) is 16.9. The molecule has 0 bridgehead atoms. The van der Waals surface area contributed by atoms with E-state index in [0.717, 1.165) is 12.8 Å². The van der Waals surface area contributed by atoms with Crippen molar-refractivity contribution in [2.45, 2.75) is 32.2 Å². The summed E-state index contributed by atoms with van der Waals surface area (Å²) in [6, 6.07) is 1.48. The van der Waals surface area contributed by atoms with Gasteiger partial charge in [0.1, 0.15) is 18.3 Å². The van der Waals surface area contributed by atoms with E-state index in [-0.39, 0.29) is 17.8 Å². The lowest BCUT2D eigenvalue weighted by molar-refractivity contribution is 0.0928. The van der Waals surface area contributed by atoms with Crippen molar-refractivity contribution in [3.05, 3.63) is 42.1 Å². The number of hydrogen-bond donors (Lipinski definition) is 1. The average Bonchev–Trinajstić information content (AvgIpc) is 2.63. The maximum absolute atomic E-state index is 14.4. The molecule has 0 spiro atoms. The second kappa shape index (κ2) is 7.29. The first-order chi connectivity index (χ1) is 11.7. The third kappa shape index (κ3) is 3.47. The summed E-state index contributed by atoms with van der Waals surface area (Å²) in [4.78, 5) is 29.9. The van der Waals surface area contributed by atoms with Crippen molar-refractivity contribution in [1.29, 1.82) is 0 Å². The number of rotatable bonds is 4. The molecule has 3 heterocycles. The highest BCUT2D eigenvalue weighted by molar-refractivity contribution is 5.92. The van der Waals surface area contributed by atoms with Crippen molar-refractivity contribution in [3.63, 3.8) is 0 Å². The Balaban J connectivity index is 1.70. The molecule has 24 heavy (non-hydrogen) atoms. The molecule has 1 unspecified atom stereocenters. The Morgan fingerprint density at radius 2 is 2.25 bits per heavy atom. The summed E-state index contributed by atoms with van der Waals surface area (Å²) in [5, 5.41) is 2.95. The Kier molecular flexibility index (Phi) is 4.93. The molecule has 0 radical (unpaired) electrons. The van der Waals surface area contributed by atoms with Crippen LogP contribution >= 0.6 is 0 Å². The fraction of sp³-hybridized carbons (Fsp3) is 0.438. The molecule has 1 amide bonds. The number of halogens is 1. The summed E-state index contributed by atoms with van der Waals surface area (Å²) >= 11 is 0. The Morgan fingerprint density at radius 1 is 1.38 bits per heavy atom. The Labute approximate surface area is 139 Å². The fourth-order valence-electron chi connectivity index (χ4n) is 2.83. The lowest BCUT2D eigenvalue weighted by Crippen LogP contribution is -2.48. The standard InChI is InChI=1S/C16H19FN6O/c1-2-12-14(17)15(21-10-20-12)23-7-3-4-11(8-23)22-16(24)13-5-6-18-9-19-13/h5-6,9-11H,2-4,7-8H2,1H3,(H,22,24). The number of amides is 1. The number of carbonyl (C=O) groups excluding carboxylic acids is 1. The molecule has 1 saturated heterocycles. The van der Waals surface area contributed by atoms with Gasteiger partial charge in [0, 0.05) is 25.3 Å². The average molecular weight is 330 g/mol. The molecular weight excluding hydrogens is 311 g/mol. The molecule has 1 fully saturated rings. The first-order valence-corrected chi connectivity index (χ1v) is 8.00. The van der Waals surface area contributed by atoms with Gasteiger partial charge in [-0.2, -0.15) is 0 Å².